The van der Waals surface area contributed by atoms with Gasteiger partial charge in [0.25, 0.3) is 0 Å². The van der Waals surface area contributed by atoms with E-state index in [1.54, 1.807) is 0 Å². The highest BCUT2D eigenvalue weighted by Crippen LogP contribution is 2.34. The first-order chi connectivity index (χ1) is 6.34. The van der Waals surface area contributed by atoms with E-state index >= 15 is 0 Å². The molecule has 2 heteroatoms. The highest BCUT2D eigenvalue weighted by atomic mass is 32.2. The molecular weight excluding hydrogens is 178 g/mol. The third kappa shape index (κ3) is 2.88. The zero-order valence-electron chi connectivity index (χ0n) is 8.67. The van der Waals surface area contributed by atoms with Crippen molar-refractivity contribution in [2.24, 2.45) is 0 Å². The normalized spacial score (nSPS) is 32.5. The first-order valence-corrected chi connectivity index (χ1v) is 6.63. The fourth-order valence-electron chi connectivity index (χ4n) is 2.48. The molecule has 2 aliphatic rings. The van der Waals surface area contributed by atoms with Crippen LogP contribution in [0.2, 0.25) is 0 Å². The molecule has 0 aromatic heterocycles. The lowest BCUT2D eigenvalue weighted by Gasteiger charge is -2.23. The molecular formula is C11H21NS. The molecule has 0 spiro atoms. The Kier molecular flexibility index (Phi) is 3.56. The predicted octanol–water partition coefficient (Wildman–Crippen LogP) is 2.76. The zero-order valence-corrected chi connectivity index (χ0v) is 9.48. The molecule has 2 rings (SSSR count). The molecule has 1 aliphatic heterocycles. The van der Waals surface area contributed by atoms with Gasteiger partial charge >= 0.3 is 0 Å². The molecule has 1 nitrogen and oxygen atoms in total. The van der Waals surface area contributed by atoms with Gasteiger partial charge in [-0.05, 0) is 32.9 Å². The van der Waals surface area contributed by atoms with Gasteiger partial charge in [-0.15, -0.1) is 0 Å². The number of thioether (sulfide) groups is 1. The smallest absolute Gasteiger partial charge is 0.0189 e. The Bertz CT molecular complexity index is 151. The molecule has 1 unspecified atom stereocenters. The molecule has 0 bridgehead atoms. The van der Waals surface area contributed by atoms with Gasteiger partial charge in [0.1, 0.15) is 0 Å². The molecule has 1 atom stereocenters. The van der Waals surface area contributed by atoms with Crippen molar-refractivity contribution in [3.05, 3.63) is 0 Å². The summed E-state index contributed by atoms with van der Waals surface area (Å²) in [5, 5.41) is 1.96. The average molecular weight is 199 g/mol. The minimum absolute atomic E-state index is 0.952. The van der Waals surface area contributed by atoms with Crippen LogP contribution in [-0.4, -0.2) is 35.5 Å². The number of likely N-dealkylation sites (tertiary alicyclic amines) is 1. The summed E-state index contributed by atoms with van der Waals surface area (Å²) in [5.74, 6) is 0. The molecule has 1 saturated heterocycles. The van der Waals surface area contributed by atoms with Crippen LogP contribution in [0.5, 0.6) is 0 Å². The molecule has 76 valence electrons. The van der Waals surface area contributed by atoms with E-state index in [1.165, 1.54) is 51.6 Å². The van der Waals surface area contributed by atoms with Crippen molar-refractivity contribution in [1.82, 2.24) is 4.90 Å². The van der Waals surface area contributed by atoms with Crippen LogP contribution in [-0.2, 0) is 0 Å². The maximum Gasteiger partial charge on any atom is 0.0189 e. The van der Waals surface area contributed by atoms with Gasteiger partial charge in [0.15, 0.2) is 0 Å². The van der Waals surface area contributed by atoms with Crippen molar-refractivity contribution in [2.75, 3.05) is 20.1 Å². The monoisotopic (exact) mass is 199 g/mol. The second-order valence-electron chi connectivity index (χ2n) is 4.57. The van der Waals surface area contributed by atoms with Gasteiger partial charge in [0.05, 0.1) is 0 Å². The summed E-state index contributed by atoms with van der Waals surface area (Å²) in [6.07, 6.45) is 8.87. The molecule has 13 heavy (non-hydrogen) atoms. The molecule has 0 aromatic carbocycles. The third-order valence-corrected chi connectivity index (χ3v) is 4.91. The van der Waals surface area contributed by atoms with E-state index < -0.39 is 0 Å². The average Bonchev–Trinajstić information content (AvgIpc) is 2.53. The molecule has 0 aromatic rings. The van der Waals surface area contributed by atoms with Crippen molar-refractivity contribution in [3.63, 3.8) is 0 Å². The Morgan fingerprint density at radius 1 is 1.00 bits per heavy atom. The number of rotatable bonds is 2. The van der Waals surface area contributed by atoms with Gasteiger partial charge in [0.2, 0.25) is 0 Å². The highest BCUT2D eigenvalue weighted by molar-refractivity contribution is 8.00. The SMILES string of the molecule is CN1CCC(SC2CCCCC2)C1. The van der Waals surface area contributed by atoms with Crippen LogP contribution in [0.25, 0.3) is 0 Å². The Morgan fingerprint density at radius 2 is 1.77 bits per heavy atom. The van der Waals surface area contributed by atoms with Crippen LogP contribution in [0.15, 0.2) is 0 Å². The van der Waals surface area contributed by atoms with E-state index in [0.717, 1.165) is 10.5 Å². The van der Waals surface area contributed by atoms with Crippen LogP contribution in [0.3, 0.4) is 0 Å². The molecule has 0 amide bonds. The quantitative estimate of drug-likeness (QED) is 0.673. The van der Waals surface area contributed by atoms with E-state index in [0.29, 0.717) is 0 Å². The Hall–Kier alpha value is 0.310. The summed E-state index contributed by atoms with van der Waals surface area (Å²) < 4.78 is 0. The summed E-state index contributed by atoms with van der Waals surface area (Å²) in [6, 6.07) is 0. The lowest BCUT2D eigenvalue weighted by Crippen LogP contribution is -2.18. The molecule has 1 saturated carbocycles. The van der Waals surface area contributed by atoms with Gasteiger partial charge in [-0.1, -0.05) is 19.3 Å². The largest absolute Gasteiger partial charge is 0.305 e. The van der Waals surface area contributed by atoms with Crippen LogP contribution < -0.4 is 0 Å². The standard InChI is InChI=1S/C11H21NS/c1-12-8-7-11(9-12)13-10-5-3-2-4-6-10/h10-11H,2-9H2,1H3. The van der Waals surface area contributed by atoms with Gasteiger partial charge in [-0.2, -0.15) is 11.8 Å². The Morgan fingerprint density at radius 3 is 2.38 bits per heavy atom. The van der Waals surface area contributed by atoms with E-state index in [4.69, 9.17) is 0 Å². The summed E-state index contributed by atoms with van der Waals surface area (Å²) in [4.78, 5) is 2.47. The van der Waals surface area contributed by atoms with Crippen molar-refractivity contribution < 1.29 is 0 Å². The van der Waals surface area contributed by atoms with Crippen LogP contribution in [0.1, 0.15) is 38.5 Å². The molecule has 2 fully saturated rings. The van der Waals surface area contributed by atoms with Gasteiger partial charge < -0.3 is 4.90 Å². The Labute approximate surface area is 86.3 Å². The fraction of sp³-hybridized carbons (Fsp3) is 1.00. The van der Waals surface area contributed by atoms with Gasteiger partial charge in [0, 0.05) is 17.0 Å². The molecule has 0 N–H and O–H groups in total. The number of hydrogen-bond donors (Lipinski definition) is 0. The minimum Gasteiger partial charge on any atom is -0.305 e. The fourth-order valence-corrected chi connectivity index (χ4v) is 4.21. The van der Waals surface area contributed by atoms with Crippen LogP contribution in [0.4, 0.5) is 0 Å². The van der Waals surface area contributed by atoms with Crippen molar-refractivity contribution in [1.29, 1.82) is 0 Å². The maximum absolute atomic E-state index is 2.47. The Balaban J connectivity index is 1.71. The van der Waals surface area contributed by atoms with Gasteiger partial charge in [-0.25, -0.2) is 0 Å². The minimum atomic E-state index is 0.952. The van der Waals surface area contributed by atoms with Gasteiger partial charge in [-0.3, -0.25) is 0 Å². The van der Waals surface area contributed by atoms with Crippen molar-refractivity contribution in [2.45, 2.75) is 49.0 Å². The van der Waals surface area contributed by atoms with Crippen LogP contribution >= 0.6 is 11.8 Å². The zero-order chi connectivity index (χ0) is 9.10. The predicted molar refractivity (Wildman–Crippen MR) is 60.4 cm³/mol. The molecule has 1 heterocycles. The lowest BCUT2D eigenvalue weighted by molar-refractivity contribution is 0.418. The van der Waals surface area contributed by atoms with E-state index in [2.05, 4.69) is 23.7 Å². The molecule has 0 radical (unpaired) electrons. The van der Waals surface area contributed by atoms with E-state index in [1.807, 2.05) is 0 Å². The maximum atomic E-state index is 2.47. The highest BCUT2D eigenvalue weighted by Gasteiger charge is 2.24. The van der Waals surface area contributed by atoms with Crippen LogP contribution in [0, 0.1) is 0 Å². The lowest BCUT2D eigenvalue weighted by atomic mass is 10.0. The number of hydrogen-bond acceptors (Lipinski definition) is 2. The first-order valence-electron chi connectivity index (χ1n) is 5.68. The summed E-state index contributed by atoms with van der Waals surface area (Å²) in [6.45, 7) is 2.66. The number of nitrogens with zero attached hydrogens (tertiary/aromatic N) is 1. The summed E-state index contributed by atoms with van der Waals surface area (Å²) in [5.41, 5.74) is 0. The third-order valence-electron chi connectivity index (χ3n) is 3.29. The van der Waals surface area contributed by atoms with Crippen molar-refractivity contribution >= 4 is 11.8 Å². The summed E-state index contributed by atoms with van der Waals surface area (Å²) >= 11 is 2.29. The van der Waals surface area contributed by atoms with E-state index in [9.17, 15) is 0 Å². The van der Waals surface area contributed by atoms with Crippen molar-refractivity contribution in [3.8, 4) is 0 Å². The topological polar surface area (TPSA) is 3.24 Å². The first kappa shape index (κ1) is 9.85. The van der Waals surface area contributed by atoms with E-state index in [-0.39, 0.29) is 0 Å². The summed E-state index contributed by atoms with van der Waals surface area (Å²) in [7, 11) is 2.25. The second-order valence-corrected chi connectivity index (χ2v) is 6.17. The second kappa shape index (κ2) is 4.70. The molecule has 1 aliphatic carbocycles.